The number of hydrogen-bond donors (Lipinski definition) is 1. The fourth-order valence-corrected chi connectivity index (χ4v) is 3.57. The van der Waals surface area contributed by atoms with Crippen molar-refractivity contribution in [3.63, 3.8) is 0 Å². The number of carbonyl (C=O) groups excluding carboxylic acids is 2. The summed E-state index contributed by atoms with van der Waals surface area (Å²) in [5.41, 5.74) is -3.04. The van der Waals surface area contributed by atoms with Crippen molar-refractivity contribution >= 4 is 11.8 Å². The average Bonchev–Trinajstić information content (AvgIpc) is 3.17. The minimum absolute atomic E-state index is 0.311. The summed E-state index contributed by atoms with van der Waals surface area (Å²) in [7, 11) is 4.29. The molecule has 0 aromatic heterocycles. The summed E-state index contributed by atoms with van der Waals surface area (Å²) in [6.07, 6.45) is 0. The Bertz CT molecular complexity index is 789. The first-order valence-corrected chi connectivity index (χ1v) is 6.96. The van der Waals surface area contributed by atoms with Crippen molar-refractivity contribution < 1.29 is 23.8 Å². The van der Waals surface area contributed by atoms with Crippen LogP contribution in [0.2, 0.25) is 0 Å². The van der Waals surface area contributed by atoms with Gasteiger partial charge in [0, 0.05) is 5.92 Å². The number of nitrogens with zero attached hydrogens (tertiary/aromatic N) is 2. The highest BCUT2D eigenvalue weighted by Gasteiger charge is 2.90. The molecule has 0 bridgehead atoms. The second-order valence-electron chi connectivity index (χ2n) is 5.51. The smallest absolute Gasteiger partial charge is 0.250 e. The van der Waals surface area contributed by atoms with Crippen molar-refractivity contribution in [1.29, 1.82) is 10.5 Å². The van der Waals surface area contributed by atoms with Gasteiger partial charge < -0.3 is 14.2 Å². The quantitative estimate of drug-likeness (QED) is 0.798. The number of piperidine rings is 1. The first kappa shape index (κ1) is 15.6. The molecule has 0 radical (unpaired) electrons. The number of amides is 2. The van der Waals surface area contributed by atoms with Gasteiger partial charge in [0.1, 0.15) is 0 Å². The van der Waals surface area contributed by atoms with Crippen molar-refractivity contribution in [1.82, 2.24) is 5.32 Å². The summed E-state index contributed by atoms with van der Waals surface area (Å²) in [6, 6.07) is 6.83. The van der Waals surface area contributed by atoms with Crippen LogP contribution in [0.1, 0.15) is 11.5 Å². The van der Waals surface area contributed by atoms with Gasteiger partial charge in [-0.15, -0.1) is 0 Å². The summed E-state index contributed by atoms with van der Waals surface area (Å²) in [4.78, 5) is 24.3. The Kier molecular flexibility index (Phi) is 3.17. The van der Waals surface area contributed by atoms with Crippen LogP contribution in [0.15, 0.2) is 12.1 Å². The lowest BCUT2D eigenvalue weighted by molar-refractivity contribution is -0.128. The molecule has 0 unspecified atom stereocenters. The maximum absolute atomic E-state index is 12.2. The molecule has 1 aromatic carbocycles. The van der Waals surface area contributed by atoms with E-state index < -0.39 is 28.6 Å². The van der Waals surface area contributed by atoms with Gasteiger partial charge in [-0.05, 0) is 17.7 Å². The van der Waals surface area contributed by atoms with Gasteiger partial charge in [-0.2, -0.15) is 10.5 Å². The first-order chi connectivity index (χ1) is 11.5. The monoisotopic (exact) mass is 327 g/mol. The van der Waals surface area contributed by atoms with Crippen molar-refractivity contribution in [3.8, 4) is 29.4 Å². The average molecular weight is 327 g/mol. The third-order valence-corrected chi connectivity index (χ3v) is 4.72. The third kappa shape index (κ3) is 1.45. The molecule has 1 N–H and O–H groups in total. The lowest BCUT2D eigenvalue weighted by Crippen LogP contribution is -2.31. The Morgan fingerprint density at radius 1 is 0.958 bits per heavy atom. The van der Waals surface area contributed by atoms with E-state index in [2.05, 4.69) is 5.32 Å². The molecule has 1 aliphatic heterocycles. The predicted octanol–water partition coefficient (Wildman–Crippen LogP) is 0.486. The van der Waals surface area contributed by atoms with Gasteiger partial charge in [-0.3, -0.25) is 14.9 Å². The lowest BCUT2D eigenvalue weighted by Gasteiger charge is -2.15. The van der Waals surface area contributed by atoms with Crippen LogP contribution in [0.5, 0.6) is 17.2 Å². The van der Waals surface area contributed by atoms with E-state index in [1.807, 2.05) is 12.1 Å². The minimum atomic E-state index is -1.73. The van der Waals surface area contributed by atoms with Gasteiger partial charge >= 0.3 is 0 Å². The number of ether oxygens (including phenoxy) is 3. The Morgan fingerprint density at radius 3 is 1.75 bits per heavy atom. The summed E-state index contributed by atoms with van der Waals surface area (Å²) < 4.78 is 15.7. The molecule has 122 valence electrons. The van der Waals surface area contributed by atoms with Crippen molar-refractivity contribution in [2.24, 2.45) is 10.8 Å². The van der Waals surface area contributed by atoms with Gasteiger partial charge in [0.05, 0.1) is 33.5 Å². The summed E-state index contributed by atoms with van der Waals surface area (Å²) in [5, 5.41) is 21.1. The number of nitrogens with one attached hydrogen (secondary N) is 1. The van der Waals surface area contributed by atoms with Crippen LogP contribution in [-0.4, -0.2) is 33.1 Å². The number of rotatable bonds is 4. The molecule has 2 amide bonds. The molecule has 8 heteroatoms. The Hall–Kier alpha value is -3.26. The van der Waals surface area contributed by atoms with Crippen LogP contribution in [0.3, 0.4) is 0 Å². The highest BCUT2D eigenvalue weighted by atomic mass is 16.5. The molecule has 1 heterocycles. The minimum Gasteiger partial charge on any atom is -0.493 e. The zero-order valence-electron chi connectivity index (χ0n) is 13.2. The zero-order chi connectivity index (χ0) is 17.7. The number of benzene rings is 1. The van der Waals surface area contributed by atoms with E-state index in [9.17, 15) is 20.1 Å². The van der Waals surface area contributed by atoms with E-state index in [1.165, 1.54) is 21.3 Å². The molecule has 2 atom stereocenters. The van der Waals surface area contributed by atoms with Gasteiger partial charge in [0.25, 0.3) is 0 Å². The summed E-state index contributed by atoms with van der Waals surface area (Å²) in [5.74, 6) is -1.44. The predicted molar refractivity (Wildman–Crippen MR) is 78.1 cm³/mol. The molecule has 1 aromatic rings. The van der Waals surface area contributed by atoms with Crippen LogP contribution < -0.4 is 19.5 Å². The SMILES string of the molecule is COc1cc(C2[C@]3(C#N)C(=O)NC(=O)[C@@]23C#N)cc(OC)c1OC. The molecule has 2 aliphatic rings. The zero-order valence-corrected chi connectivity index (χ0v) is 13.2. The topological polar surface area (TPSA) is 121 Å². The van der Waals surface area contributed by atoms with E-state index >= 15 is 0 Å². The van der Waals surface area contributed by atoms with E-state index in [0.29, 0.717) is 22.8 Å². The van der Waals surface area contributed by atoms with E-state index in [-0.39, 0.29) is 0 Å². The Balaban J connectivity index is 2.22. The fourth-order valence-electron chi connectivity index (χ4n) is 3.57. The second kappa shape index (κ2) is 4.87. The van der Waals surface area contributed by atoms with Crippen LogP contribution >= 0.6 is 0 Å². The Morgan fingerprint density at radius 2 is 1.42 bits per heavy atom. The number of methoxy groups -OCH3 is 3. The number of nitriles is 2. The van der Waals surface area contributed by atoms with Crippen molar-refractivity contribution in [2.45, 2.75) is 5.92 Å². The molecule has 1 saturated heterocycles. The standard InChI is InChI=1S/C16H13N3O5/c1-22-9-4-8(5-10(23-2)11(9)24-3)12-15(6-17)13(20)19-14(21)16(12,15)7-18/h4-5,12H,1-3H3,(H,19,20,21)/t15-,16-/m1/s1. The first-order valence-electron chi connectivity index (χ1n) is 6.96. The van der Waals surface area contributed by atoms with Crippen LogP contribution in [0.25, 0.3) is 0 Å². The maximum Gasteiger partial charge on any atom is 0.250 e. The number of fused-ring (bicyclic) bond motifs is 1. The maximum atomic E-state index is 12.2. The van der Waals surface area contributed by atoms with E-state index in [4.69, 9.17) is 14.2 Å². The molecule has 3 rings (SSSR count). The van der Waals surface area contributed by atoms with Gasteiger partial charge in [-0.1, -0.05) is 0 Å². The molecule has 1 aliphatic carbocycles. The van der Waals surface area contributed by atoms with Crippen molar-refractivity contribution in [2.75, 3.05) is 21.3 Å². The molecular weight excluding hydrogens is 314 g/mol. The molecule has 2 fully saturated rings. The highest BCUT2D eigenvalue weighted by molar-refractivity contribution is 6.19. The van der Waals surface area contributed by atoms with Gasteiger partial charge in [0.2, 0.25) is 17.6 Å². The molecule has 8 nitrogen and oxygen atoms in total. The number of imide groups is 1. The lowest BCUT2D eigenvalue weighted by atomic mass is 9.98. The molecular formula is C16H13N3O5. The van der Waals surface area contributed by atoms with Gasteiger partial charge in [0.15, 0.2) is 22.3 Å². The van der Waals surface area contributed by atoms with Crippen LogP contribution in [0.4, 0.5) is 0 Å². The third-order valence-electron chi connectivity index (χ3n) is 4.72. The van der Waals surface area contributed by atoms with E-state index in [1.54, 1.807) is 12.1 Å². The number of hydrogen-bond acceptors (Lipinski definition) is 7. The summed E-state index contributed by atoms with van der Waals surface area (Å²) >= 11 is 0. The summed E-state index contributed by atoms with van der Waals surface area (Å²) in [6.45, 7) is 0. The van der Waals surface area contributed by atoms with Crippen LogP contribution in [-0.2, 0) is 9.59 Å². The van der Waals surface area contributed by atoms with Crippen molar-refractivity contribution in [3.05, 3.63) is 17.7 Å². The van der Waals surface area contributed by atoms with Gasteiger partial charge in [-0.25, -0.2) is 0 Å². The Labute approximate surface area is 137 Å². The number of carbonyl (C=O) groups is 2. The molecule has 24 heavy (non-hydrogen) atoms. The highest BCUT2D eigenvalue weighted by Crippen LogP contribution is 2.76. The van der Waals surface area contributed by atoms with Crippen LogP contribution in [0, 0.1) is 33.5 Å². The second-order valence-corrected chi connectivity index (χ2v) is 5.51. The van der Waals surface area contributed by atoms with E-state index in [0.717, 1.165) is 0 Å². The normalized spacial score (nSPS) is 29.8. The largest absolute Gasteiger partial charge is 0.493 e. The molecule has 0 spiro atoms. The fraction of sp³-hybridized carbons (Fsp3) is 0.375. The molecule has 1 saturated carbocycles.